The Hall–Kier alpha value is -2.52. The Morgan fingerprint density at radius 2 is 1.52 bits per heavy atom. The van der Waals surface area contributed by atoms with Gasteiger partial charge in [-0.05, 0) is 26.0 Å². The van der Waals surface area contributed by atoms with E-state index in [9.17, 15) is 18.0 Å². The van der Waals surface area contributed by atoms with Gasteiger partial charge in [0.1, 0.15) is 11.5 Å². The van der Waals surface area contributed by atoms with E-state index in [0.717, 1.165) is 11.8 Å². The Morgan fingerprint density at radius 1 is 0.966 bits per heavy atom. The molecule has 0 saturated carbocycles. The van der Waals surface area contributed by atoms with E-state index in [2.05, 4.69) is 4.72 Å². The van der Waals surface area contributed by atoms with Crippen molar-refractivity contribution in [2.24, 2.45) is 0 Å². The molecule has 0 aromatic heterocycles. The van der Waals surface area contributed by atoms with Gasteiger partial charge in [-0.3, -0.25) is 14.3 Å². The third-order valence-electron chi connectivity index (χ3n) is 3.65. The van der Waals surface area contributed by atoms with E-state index < -0.39 is 10.0 Å². The quantitative estimate of drug-likeness (QED) is 0.565. The van der Waals surface area contributed by atoms with Crippen LogP contribution in [0.25, 0.3) is 0 Å². The lowest BCUT2D eigenvalue weighted by atomic mass is 10.1. The van der Waals surface area contributed by atoms with Gasteiger partial charge in [-0.15, -0.1) is 0 Å². The predicted octanol–water partition coefficient (Wildman–Crippen LogP) is 3.75. The highest BCUT2D eigenvalue weighted by Gasteiger charge is 2.17. The lowest BCUT2D eigenvalue weighted by Crippen LogP contribution is -2.13. The van der Waals surface area contributed by atoms with Gasteiger partial charge in [-0.25, -0.2) is 8.42 Å². The van der Waals surface area contributed by atoms with Crippen LogP contribution in [0.5, 0.6) is 11.5 Å². The van der Waals surface area contributed by atoms with Crippen LogP contribution in [0.1, 0.15) is 31.1 Å². The topological polar surface area (TPSA) is 98.8 Å². The molecule has 0 amide bonds. The lowest BCUT2D eigenvalue weighted by Gasteiger charge is -2.13. The highest BCUT2D eigenvalue weighted by Crippen LogP contribution is 2.28. The molecule has 0 saturated heterocycles. The van der Waals surface area contributed by atoms with Gasteiger partial charge in [-0.2, -0.15) is 0 Å². The van der Waals surface area contributed by atoms with Crippen LogP contribution in [-0.2, 0) is 14.8 Å². The minimum atomic E-state index is -3.88. The first-order chi connectivity index (χ1) is 13.7. The van der Waals surface area contributed by atoms with Gasteiger partial charge < -0.3 is 9.47 Å². The van der Waals surface area contributed by atoms with E-state index in [0.29, 0.717) is 36.0 Å². The van der Waals surface area contributed by atoms with Crippen LogP contribution in [0.4, 0.5) is 5.69 Å². The molecular weight excluding hydrogens is 414 g/mol. The minimum absolute atomic E-state index is 0.00745. The summed E-state index contributed by atoms with van der Waals surface area (Å²) in [5.41, 5.74) is 0.645. The number of nitrogens with one attached hydrogen (secondary N) is 1. The molecule has 1 N–H and O–H groups in total. The molecule has 0 heterocycles. The van der Waals surface area contributed by atoms with Gasteiger partial charge in [-0.1, -0.05) is 23.9 Å². The maximum atomic E-state index is 12.7. The van der Waals surface area contributed by atoms with Crippen molar-refractivity contribution >= 4 is 38.4 Å². The molecular formula is C20H23NO6S2. The molecule has 2 aromatic carbocycles. The number of Topliss-reactive ketones (excluding diaryl/α,β-unsaturated/α-hetero) is 1. The van der Waals surface area contributed by atoms with Crippen LogP contribution < -0.4 is 14.2 Å². The number of rotatable bonds is 10. The van der Waals surface area contributed by atoms with Crippen LogP contribution >= 0.6 is 11.8 Å². The predicted molar refractivity (Wildman–Crippen MR) is 114 cm³/mol. The zero-order valence-corrected chi connectivity index (χ0v) is 18.1. The number of ether oxygens (including phenoxy) is 2. The Balaban J connectivity index is 2.20. The molecule has 0 aliphatic rings. The number of hydrogen-bond donors (Lipinski definition) is 1. The van der Waals surface area contributed by atoms with E-state index in [4.69, 9.17) is 9.47 Å². The highest BCUT2D eigenvalue weighted by molar-refractivity contribution is 8.14. The van der Waals surface area contributed by atoms with E-state index in [1.54, 1.807) is 18.2 Å². The number of sulfonamides is 1. The summed E-state index contributed by atoms with van der Waals surface area (Å²) in [4.78, 5) is 23.0. The molecule has 2 aromatic rings. The minimum Gasteiger partial charge on any atom is -0.494 e. The number of carbonyl (C=O) groups excluding carboxylic acids is 2. The molecule has 156 valence electrons. The Labute approximate surface area is 174 Å². The maximum Gasteiger partial charge on any atom is 0.261 e. The first-order valence-electron chi connectivity index (χ1n) is 8.95. The van der Waals surface area contributed by atoms with Crippen molar-refractivity contribution in [3.8, 4) is 11.5 Å². The summed E-state index contributed by atoms with van der Waals surface area (Å²) < 4.78 is 38.8. The molecule has 9 heteroatoms. The molecule has 0 bridgehead atoms. The standard InChI is InChI=1S/C20H23NO6S2/c1-4-26-17-10-16(11-18(12-17)27-5-2)21-29(24,25)19-8-6-15(7-9-19)20(23)13-28-14(3)22/h6-12,21H,4-5,13H2,1-3H3. The van der Waals surface area contributed by atoms with Crippen molar-refractivity contribution < 1.29 is 27.5 Å². The Kier molecular flexibility index (Phi) is 8.10. The first kappa shape index (κ1) is 22.8. The smallest absolute Gasteiger partial charge is 0.261 e. The fourth-order valence-electron chi connectivity index (χ4n) is 2.42. The third kappa shape index (κ3) is 6.79. The third-order valence-corrected chi connectivity index (χ3v) is 5.86. The molecule has 0 atom stereocenters. The molecule has 7 nitrogen and oxygen atoms in total. The summed E-state index contributed by atoms with van der Waals surface area (Å²) >= 11 is 0.914. The number of carbonyl (C=O) groups is 2. The molecule has 0 fully saturated rings. The van der Waals surface area contributed by atoms with Gasteiger partial charge in [0, 0.05) is 30.7 Å². The van der Waals surface area contributed by atoms with Crippen molar-refractivity contribution in [3.05, 3.63) is 48.0 Å². The largest absolute Gasteiger partial charge is 0.494 e. The first-order valence-corrected chi connectivity index (χ1v) is 11.4. The summed E-state index contributed by atoms with van der Waals surface area (Å²) in [6.07, 6.45) is 0. The second-order valence-corrected chi connectivity index (χ2v) is 8.73. The molecule has 0 aliphatic heterocycles. The Morgan fingerprint density at radius 3 is 2.00 bits per heavy atom. The number of thioether (sulfide) groups is 1. The van der Waals surface area contributed by atoms with Gasteiger partial charge >= 0.3 is 0 Å². The van der Waals surface area contributed by atoms with Gasteiger partial charge in [0.2, 0.25) is 0 Å². The van der Waals surface area contributed by atoms with E-state index >= 15 is 0 Å². The average Bonchev–Trinajstić information content (AvgIpc) is 2.66. The molecule has 0 spiro atoms. The lowest BCUT2D eigenvalue weighted by molar-refractivity contribution is -0.109. The highest BCUT2D eigenvalue weighted by atomic mass is 32.2. The summed E-state index contributed by atoms with van der Waals surface area (Å²) in [6.45, 7) is 5.90. The molecule has 0 aliphatic carbocycles. The summed E-state index contributed by atoms with van der Waals surface area (Å²) in [6, 6.07) is 10.4. The van der Waals surface area contributed by atoms with Gasteiger partial charge in [0.25, 0.3) is 10.0 Å². The zero-order chi connectivity index (χ0) is 21.4. The van der Waals surface area contributed by atoms with Gasteiger partial charge in [0.15, 0.2) is 10.9 Å². The number of benzene rings is 2. The van der Waals surface area contributed by atoms with Crippen molar-refractivity contribution in [1.29, 1.82) is 0 Å². The van der Waals surface area contributed by atoms with Gasteiger partial charge in [0.05, 0.1) is 29.5 Å². The average molecular weight is 438 g/mol. The van der Waals surface area contributed by atoms with Crippen molar-refractivity contribution in [2.75, 3.05) is 23.7 Å². The monoisotopic (exact) mass is 437 g/mol. The van der Waals surface area contributed by atoms with Crippen molar-refractivity contribution in [1.82, 2.24) is 0 Å². The van der Waals surface area contributed by atoms with E-state index in [-0.39, 0.29) is 21.5 Å². The van der Waals surface area contributed by atoms with Crippen LogP contribution in [0.15, 0.2) is 47.4 Å². The van der Waals surface area contributed by atoms with Crippen LogP contribution in [0.3, 0.4) is 0 Å². The number of hydrogen-bond acceptors (Lipinski definition) is 7. The Bertz CT molecular complexity index is 947. The molecule has 0 radical (unpaired) electrons. The molecule has 2 rings (SSSR count). The van der Waals surface area contributed by atoms with Crippen LogP contribution in [0.2, 0.25) is 0 Å². The normalized spacial score (nSPS) is 11.0. The second kappa shape index (κ2) is 10.3. The summed E-state index contributed by atoms with van der Waals surface area (Å²) in [5, 5.41) is -0.151. The SMILES string of the molecule is CCOc1cc(NS(=O)(=O)c2ccc(C(=O)CSC(C)=O)cc2)cc(OCC)c1. The van der Waals surface area contributed by atoms with E-state index in [1.807, 2.05) is 13.8 Å². The summed E-state index contributed by atoms with van der Waals surface area (Å²) in [7, 11) is -3.88. The number of anilines is 1. The summed E-state index contributed by atoms with van der Waals surface area (Å²) in [5.74, 6) is 0.748. The molecule has 0 unspecified atom stereocenters. The van der Waals surface area contributed by atoms with Crippen LogP contribution in [-0.4, -0.2) is 38.3 Å². The van der Waals surface area contributed by atoms with Crippen LogP contribution in [0, 0.1) is 0 Å². The number of ketones is 1. The fourth-order valence-corrected chi connectivity index (χ4v) is 3.96. The molecule has 29 heavy (non-hydrogen) atoms. The van der Waals surface area contributed by atoms with Crippen molar-refractivity contribution in [3.63, 3.8) is 0 Å². The zero-order valence-electron chi connectivity index (χ0n) is 16.4. The van der Waals surface area contributed by atoms with Crippen molar-refractivity contribution in [2.45, 2.75) is 25.7 Å². The second-order valence-electron chi connectivity index (χ2n) is 5.89. The maximum absolute atomic E-state index is 12.7. The van der Waals surface area contributed by atoms with E-state index in [1.165, 1.54) is 31.2 Å². The fraction of sp³-hybridized carbons (Fsp3) is 0.300.